The molecule has 13 heavy (non-hydrogen) atoms. The highest BCUT2D eigenvalue weighted by Gasteiger charge is 2.33. The maximum absolute atomic E-state index is 13.5. The number of hydrogen-bond donors (Lipinski definition) is 0. The maximum Gasteiger partial charge on any atom is 0.235 e. The molecular weight excluding hydrogens is 169 g/mol. The van der Waals surface area contributed by atoms with Crippen molar-refractivity contribution >= 4 is 6.08 Å². The van der Waals surface area contributed by atoms with Crippen molar-refractivity contribution in [3.8, 4) is 0 Å². The average Bonchev–Trinajstić information content (AvgIpc) is 2.04. The molecule has 74 valence electrons. The first-order valence-electron chi connectivity index (χ1n) is 4.80. The van der Waals surface area contributed by atoms with Crippen LogP contribution in [0.2, 0.25) is 0 Å². The second-order valence-electron chi connectivity index (χ2n) is 4.30. The first kappa shape index (κ1) is 10.4. The van der Waals surface area contributed by atoms with Gasteiger partial charge in [0.15, 0.2) is 0 Å². The summed E-state index contributed by atoms with van der Waals surface area (Å²) in [6.45, 7) is 3.20. The smallest absolute Gasteiger partial charge is 0.235 e. The number of rotatable bonds is 2. The lowest BCUT2D eigenvalue weighted by atomic mass is 9.78. The lowest BCUT2D eigenvalue weighted by Crippen LogP contribution is -2.32. The molecule has 0 spiro atoms. The van der Waals surface area contributed by atoms with Gasteiger partial charge in [0.05, 0.1) is 6.04 Å². The summed E-state index contributed by atoms with van der Waals surface area (Å²) in [6, 6.07) is 0.00581. The molecule has 1 fully saturated rings. The Morgan fingerprint density at radius 3 is 2.69 bits per heavy atom. The number of nitrogens with zero attached hydrogens (tertiary/aromatic N) is 1. The van der Waals surface area contributed by atoms with E-state index in [4.69, 9.17) is 0 Å². The Hall–Kier alpha value is -0.690. The van der Waals surface area contributed by atoms with E-state index in [-0.39, 0.29) is 12.0 Å². The van der Waals surface area contributed by atoms with Crippen molar-refractivity contribution in [1.82, 2.24) is 0 Å². The maximum atomic E-state index is 13.5. The van der Waals surface area contributed by atoms with Crippen LogP contribution in [0.5, 0.6) is 0 Å². The largest absolute Gasteiger partial charge is 0.244 e. The Bertz CT molecular complexity index is 215. The summed E-state index contributed by atoms with van der Waals surface area (Å²) in [5.74, 6) is 0.0448. The molecule has 1 saturated carbocycles. The van der Waals surface area contributed by atoms with Gasteiger partial charge in [0, 0.05) is 0 Å². The van der Waals surface area contributed by atoms with Gasteiger partial charge >= 0.3 is 0 Å². The molecule has 0 amide bonds. The molecule has 0 bridgehead atoms. The Labute approximate surface area is 78.2 Å². The molecule has 0 N–H and O–H groups in total. The van der Waals surface area contributed by atoms with Crippen molar-refractivity contribution < 1.29 is 9.18 Å². The molecule has 0 saturated heterocycles. The molecule has 2 nitrogen and oxygen atoms in total. The van der Waals surface area contributed by atoms with Gasteiger partial charge in [0.25, 0.3) is 0 Å². The second-order valence-corrected chi connectivity index (χ2v) is 4.30. The lowest BCUT2D eigenvalue weighted by Gasteiger charge is -2.32. The number of isocyanates is 1. The van der Waals surface area contributed by atoms with Crippen LogP contribution in [-0.4, -0.2) is 17.8 Å². The summed E-state index contributed by atoms with van der Waals surface area (Å²) in [4.78, 5) is 13.7. The number of carbonyl (C=O) groups excluding carboxylic acids is 1. The minimum Gasteiger partial charge on any atom is -0.244 e. The van der Waals surface area contributed by atoms with Crippen molar-refractivity contribution in [2.24, 2.45) is 10.9 Å². The van der Waals surface area contributed by atoms with E-state index in [1.54, 1.807) is 19.9 Å². The predicted molar refractivity (Wildman–Crippen MR) is 49.1 cm³/mol. The van der Waals surface area contributed by atoms with Crippen LogP contribution in [0.25, 0.3) is 0 Å². The molecule has 0 aromatic carbocycles. The van der Waals surface area contributed by atoms with Crippen LogP contribution >= 0.6 is 0 Å². The van der Waals surface area contributed by atoms with Gasteiger partial charge < -0.3 is 0 Å². The first-order chi connectivity index (χ1) is 6.04. The lowest BCUT2D eigenvalue weighted by molar-refractivity contribution is 0.0881. The molecule has 3 heteroatoms. The summed E-state index contributed by atoms with van der Waals surface area (Å²) in [7, 11) is 0. The zero-order valence-corrected chi connectivity index (χ0v) is 8.22. The van der Waals surface area contributed by atoms with Crippen LogP contribution < -0.4 is 0 Å². The van der Waals surface area contributed by atoms with Crippen molar-refractivity contribution in [3.05, 3.63) is 0 Å². The zero-order chi connectivity index (χ0) is 9.90. The van der Waals surface area contributed by atoms with Crippen LogP contribution in [0.4, 0.5) is 4.39 Å². The number of hydrogen-bond acceptors (Lipinski definition) is 2. The molecule has 0 radical (unpaired) electrons. The monoisotopic (exact) mass is 185 g/mol. The summed E-state index contributed by atoms with van der Waals surface area (Å²) in [5.41, 5.74) is -1.14. The summed E-state index contributed by atoms with van der Waals surface area (Å²) >= 11 is 0. The van der Waals surface area contributed by atoms with Crippen molar-refractivity contribution in [2.45, 2.75) is 51.2 Å². The molecular formula is C10H16FNO. The fourth-order valence-electron chi connectivity index (χ4n) is 1.98. The molecule has 1 rings (SSSR count). The van der Waals surface area contributed by atoms with Crippen LogP contribution in [0.1, 0.15) is 39.5 Å². The molecule has 0 aromatic heterocycles. The Morgan fingerprint density at radius 1 is 1.46 bits per heavy atom. The topological polar surface area (TPSA) is 29.4 Å². The molecule has 2 unspecified atom stereocenters. The highest BCUT2D eigenvalue weighted by Crippen LogP contribution is 2.35. The summed E-state index contributed by atoms with van der Waals surface area (Å²) in [5, 5.41) is 0. The number of aliphatic imine (C=N–C) groups is 1. The van der Waals surface area contributed by atoms with Gasteiger partial charge in [-0.15, -0.1) is 0 Å². The molecule has 0 aromatic rings. The van der Waals surface area contributed by atoms with Gasteiger partial charge in [-0.25, -0.2) is 14.2 Å². The summed E-state index contributed by atoms with van der Waals surface area (Å²) in [6.07, 6.45) is 5.04. The Balaban J connectivity index is 2.56. The standard InChI is InChI=1S/C10H16FNO/c1-10(2,11)8-4-3-5-9(6-8)12-7-13/h8-9H,3-6H2,1-2H3. The molecule has 2 atom stereocenters. The average molecular weight is 185 g/mol. The van der Waals surface area contributed by atoms with Gasteiger partial charge in [-0.1, -0.05) is 6.42 Å². The van der Waals surface area contributed by atoms with E-state index in [1.165, 1.54) is 0 Å². The molecule has 1 aliphatic rings. The first-order valence-corrected chi connectivity index (χ1v) is 4.80. The zero-order valence-electron chi connectivity index (χ0n) is 8.22. The Morgan fingerprint density at radius 2 is 2.15 bits per heavy atom. The molecule has 0 aliphatic heterocycles. The van der Waals surface area contributed by atoms with Crippen molar-refractivity contribution in [1.29, 1.82) is 0 Å². The number of alkyl halides is 1. The molecule has 0 heterocycles. The third-order valence-electron chi connectivity index (χ3n) is 2.85. The minimum atomic E-state index is -1.14. The minimum absolute atomic E-state index is 0.00581. The van der Waals surface area contributed by atoms with Crippen LogP contribution in [0, 0.1) is 5.92 Å². The van der Waals surface area contributed by atoms with Gasteiger partial charge in [0.1, 0.15) is 5.67 Å². The Kier molecular flexibility index (Phi) is 3.21. The molecule has 1 aliphatic carbocycles. The van der Waals surface area contributed by atoms with Crippen LogP contribution in [-0.2, 0) is 4.79 Å². The van der Waals surface area contributed by atoms with Crippen LogP contribution in [0.15, 0.2) is 4.99 Å². The van der Waals surface area contributed by atoms with Gasteiger partial charge in [-0.2, -0.15) is 0 Å². The summed E-state index contributed by atoms with van der Waals surface area (Å²) < 4.78 is 13.5. The van der Waals surface area contributed by atoms with Gasteiger partial charge in [-0.05, 0) is 39.0 Å². The van der Waals surface area contributed by atoms with Gasteiger partial charge in [0.2, 0.25) is 6.08 Å². The third kappa shape index (κ3) is 2.92. The van der Waals surface area contributed by atoms with Crippen LogP contribution in [0.3, 0.4) is 0 Å². The van der Waals surface area contributed by atoms with Crippen molar-refractivity contribution in [3.63, 3.8) is 0 Å². The fraction of sp³-hybridized carbons (Fsp3) is 0.900. The number of halogens is 1. The second kappa shape index (κ2) is 4.01. The fourth-order valence-corrected chi connectivity index (χ4v) is 1.98. The van der Waals surface area contributed by atoms with E-state index in [2.05, 4.69) is 4.99 Å². The van der Waals surface area contributed by atoms with E-state index in [1.807, 2.05) is 0 Å². The van der Waals surface area contributed by atoms with E-state index in [0.717, 1.165) is 19.3 Å². The van der Waals surface area contributed by atoms with E-state index >= 15 is 0 Å². The van der Waals surface area contributed by atoms with Gasteiger partial charge in [-0.3, -0.25) is 0 Å². The SMILES string of the molecule is CC(C)(F)C1CCCC(N=C=O)C1. The van der Waals surface area contributed by atoms with E-state index in [9.17, 15) is 9.18 Å². The quantitative estimate of drug-likeness (QED) is 0.480. The third-order valence-corrected chi connectivity index (χ3v) is 2.85. The predicted octanol–water partition coefficient (Wildman–Crippen LogP) is 2.63. The highest BCUT2D eigenvalue weighted by atomic mass is 19.1. The van der Waals surface area contributed by atoms with E-state index < -0.39 is 5.67 Å². The van der Waals surface area contributed by atoms with Crippen molar-refractivity contribution in [2.75, 3.05) is 0 Å². The normalized spacial score (nSPS) is 29.5. The van der Waals surface area contributed by atoms with E-state index in [0.29, 0.717) is 6.42 Å². The highest BCUT2D eigenvalue weighted by molar-refractivity contribution is 5.33.